The van der Waals surface area contributed by atoms with Crippen LogP contribution in [0.1, 0.15) is 56.0 Å². The third-order valence-corrected chi connectivity index (χ3v) is 5.23. The lowest BCUT2D eigenvalue weighted by Gasteiger charge is -2.27. The van der Waals surface area contributed by atoms with Gasteiger partial charge in [0.2, 0.25) is 0 Å². The molecule has 5 heteroatoms. The number of hydrogen-bond donors (Lipinski definition) is 1. The van der Waals surface area contributed by atoms with Crippen molar-refractivity contribution in [2.75, 3.05) is 20.2 Å². The summed E-state index contributed by atoms with van der Waals surface area (Å²) >= 11 is 0. The molecule has 0 spiro atoms. The highest BCUT2D eigenvalue weighted by atomic mass is 16.5. The molecule has 1 fully saturated rings. The number of piperidine rings is 1. The van der Waals surface area contributed by atoms with Crippen molar-refractivity contribution in [3.8, 4) is 5.75 Å². The number of nitrogens with zero attached hydrogens (tertiary/aromatic N) is 3. The Balaban J connectivity index is 1.62. The summed E-state index contributed by atoms with van der Waals surface area (Å²) in [5.41, 5.74) is 3.67. The van der Waals surface area contributed by atoms with Gasteiger partial charge in [-0.25, -0.2) is 0 Å². The maximum Gasteiger partial charge on any atom is 0.123 e. The average molecular weight is 357 g/mol. The fourth-order valence-corrected chi connectivity index (χ4v) is 3.58. The molecule has 2 aromatic rings. The van der Waals surface area contributed by atoms with E-state index in [1.807, 2.05) is 10.9 Å². The van der Waals surface area contributed by atoms with Crippen LogP contribution >= 0.6 is 0 Å². The van der Waals surface area contributed by atoms with Gasteiger partial charge in [-0.05, 0) is 63.5 Å². The third kappa shape index (κ3) is 4.86. The molecule has 0 radical (unpaired) electrons. The van der Waals surface area contributed by atoms with Gasteiger partial charge in [0.1, 0.15) is 5.75 Å². The van der Waals surface area contributed by atoms with Crippen molar-refractivity contribution in [1.29, 1.82) is 0 Å². The molecule has 1 aliphatic rings. The fourth-order valence-electron chi connectivity index (χ4n) is 3.58. The van der Waals surface area contributed by atoms with Crippen LogP contribution < -0.4 is 10.1 Å². The van der Waals surface area contributed by atoms with E-state index < -0.39 is 0 Å². The Morgan fingerprint density at radius 2 is 2.00 bits per heavy atom. The van der Waals surface area contributed by atoms with Crippen molar-refractivity contribution in [3.05, 3.63) is 47.3 Å². The summed E-state index contributed by atoms with van der Waals surface area (Å²) in [6.07, 6.45) is 6.03. The Kier molecular flexibility index (Phi) is 6.69. The topological polar surface area (TPSA) is 42.3 Å². The Bertz CT molecular complexity index is 691. The van der Waals surface area contributed by atoms with E-state index in [1.54, 1.807) is 7.11 Å². The minimum atomic E-state index is 0.232. The normalized spacial score (nSPS) is 16.6. The molecule has 0 bridgehead atoms. The lowest BCUT2D eigenvalue weighted by atomic mass is 10.1. The SMILES string of the molecule is CCn1ccc(C(C)NCc2ccc(OC)c(CN3CCCCC3)c2)n1. The number of aryl methyl sites for hydroxylation is 1. The van der Waals surface area contributed by atoms with E-state index in [1.165, 1.54) is 43.5 Å². The van der Waals surface area contributed by atoms with Gasteiger partial charge in [-0.15, -0.1) is 0 Å². The van der Waals surface area contributed by atoms with Crippen molar-refractivity contribution in [3.63, 3.8) is 0 Å². The lowest BCUT2D eigenvalue weighted by Crippen LogP contribution is -2.29. The minimum absolute atomic E-state index is 0.232. The molecule has 1 unspecified atom stereocenters. The second-order valence-corrected chi connectivity index (χ2v) is 7.18. The first-order chi connectivity index (χ1) is 12.7. The summed E-state index contributed by atoms with van der Waals surface area (Å²) in [5.74, 6) is 0.995. The molecular formula is C21H32N4O. The van der Waals surface area contributed by atoms with E-state index in [2.05, 4.69) is 53.4 Å². The second kappa shape index (κ2) is 9.19. The molecule has 0 amide bonds. The zero-order valence-electron chi connectivity index (χ0n) is 16.4. The predicted octanol–water partition coefficient (Wildman–Crippen LogP) is 3.75. The van der Waals surface area contributed by atoms with Gasteiger partial charge in [-0.1, -0.05) is 12.5 Å². The number of nitrogens with one attached hydrogen (secondary N) is 1. The van der Waals surface area contributed by atoms with E-state index >= 15 is 0 Å². The van der Waals surface area contributed by atoms with E-state index in [-0.39, 0.29) is 6.04 Å². The first-order valence-electron chi connectivity index (χ1n) is 9.84. The minimum Gasteiger partial charge on any atom is -0.496 e. The van der Waals surface area contributed by atoms with E-state index in [4.69, 9.17) is 4.74 Å². The monoisotopic (exact) mass is 356 g/mol. The zero-order chi connectivity index (χ0) is 18.4. The number of rotatable bonds is 8. The van der Waals surface area contributed by atoms with Gasteiger partial charge in [0, 0.05) is 37.4 Å². The van der Waals surface area contributed by atoms with Gasteiger partial charge in [0.25, 0.3) is 0 Å². The first-order valence-corrected chi connectivity index (χ1v) is 9.84. The Hall–Kier alpha value is -1.85. The zero-order valence-corrected chi connectivity index (χ0v) is 16.4. The van der Waals surface area contributed by atoms with Crippen molar-refractivity contribution in [2.24, 2.45) is 0 Å². The number of hydrogen-bond acceptors (Lipinski definition) is 4. The highest BCUT2D eigenvalue weighted by Gasteiger charge is 2.14. The summed E-state index contributed by atoms with van der Waals surface area (Å²) in [7, 11) is 1.76. The molecule has 1 atom stereocenters. The molecule has 1 N–H and O–H groups in total. The van der Waals surface area contributed by atoms with Gasteiger partial charge in [0.15, 0.2) is 0 Å². The molecule has 1 aliphatic heterocycles. The molecule has 1 aromatic heterocycles. The summed E-state index contributed by atoms with van der Waals surface area (Å²) in [6, 6.07) is 8.88. The average Bonchev–Trinajstić information content (AvgIpc) is 3.16. The smallest absolute Gasteiger partial charge is 0.123 e. The van der Waals surface area contributed by atoms with Gasteiger partial charge >= 0.3 is 0 Å². The predicted molar refractivity (Wildman–Crippen MR) is 105 cm³/mol. The highest BCUT2D eigenvalue weighted by Crippen LogP contribution is 2.23. The molecule has 142 valence electrons. The first kappa shape index (κ1) is 18.9. The maximum atomic E-state index is 5.59. The maximum absolute atomic E-state index is 5.59. The molecular weight excluding hydrogens is 324 g/mol. The fraction of sp³-hybridized carbons (Fsp3) is 0.571. The molecule has 0 saturated carbocycles. The summed E-state index contributed by atoms with van der Waals surface area (Å²) in [4.78, 5) is 2.54. The number of benzene rings is 1. The van der Waals surface area contributed by atoms with Gasteiger partial charge in [-0.2, -0.15) is 5.10 Å². The Morgan fingerprint density at radius 3 is 2.69 bits per heavy atom. The Morgan fingerprint density at radius 1 is 1.19 bits per heavy atom. The van der Waals surface area contributed by atoms with Gasteiger partial charge in [0.05, 0.1) is 12.8 Å². The number of aromatic nitrogens is 2. The van der Waals surface area contributed by atoms with Crippen LogP contribution in [-0.4, -0.2) is 34.9 Å². The third-order valence-electron chi connectivity index (χ3n) is 5.23. The molecule has 1 aromatic carbocycles. The van der Waals surface area contributed by atoms with Gasteiger partial charge < -0.3 is 10.1 Å². The van der Waals surface area contributed by atoms with E-state index in [0.29, 0.717) is 0 Å². The van der Waals surface area contributed by atoms with E-state index in [9.17, 15) is 0 Å². The summed E-state index contributed by atoms with van der Waals surface area (Å²) in [6.45, 7) is 9.39. The van der Waals surface area contributed by atoms with Crippen LogP contribution in [0.15, 0.2) is 30.5 Å². The van der Waals surface area contributed by atoms with Crippen LogP contribution in [0.25, 0.3) is 0 Å². The standard InChI is InChI=1S/C21H32N4O/c1-4-25-13-10-20(23-25)17(2)22-15-18-8-9-21(26-3)19(14-18)16-24-11-6-5-7-12-24/h8-10,13-14,17,22H,4-7,11-12,15-16H2,1-3H3. The van der Waals surface area contributed by atoms with E-state index in [0.717, 1.165) is 31.1 Å². The van der Waals surface area contributed by atoms with Crippen LogP contribution in [0.2, 0.25) is 0 Å². The lowest BCUT2D eigenvalue weighted by molar-refractivity contribution is 0.218. The van der Waals surface area contributed by atoms with Crippen LogP contribution in [0.4, 0.5) is 0 Å². The number of methoxy groups -OCH3 is 1. The van der Waals surface area contributed by atoms with Crippen molar-refractivity contribution in [2.45, 2.75) is 58.8 Å². The Labute approximate surface area is 157 Å². The largest absolute Gasteiger partial charge is 0.496 e. The second-order valence-electron chi connectivity index (χ2n) is 7.18. The molecule has 3 rings (SSSR count). The summed E-state index contributed by atoms with van der Waals surface area (Å²) < 4.78 is 7.56. The van der Waals surface area contributed by atoms with Crippen LogP contribution in [0, 0.1) is 0 Å². The van der Waals surface area contributed by atoms with Crippen molar-refractivity contribution < 1.29 is 4.74 Å². The van der Waals surface area contributed by atoms with Crippen LogP contribution in [0.3, 0.4) is 0 Å². The molecule has 1 saturated heterocycles. The molecule has 0 aliphatic carbocycles. The van der Waals surface area contributed by atoms with Gasteiger partial charge in [-0.3, -0.25) is 9.58 Å². The molecule has 5 nitrogen and oxygen atoms in total. The quantitative estimate of drug-likeness (QED) is 0.782. The van der Waals surface area contributed by atoms with Crippen LogP contribution in [-0.2, 0) is 19.6 Å². The molecule has 26 heavy (non-hydrogen) atoms. The highest BCUT2D eigenvalue weighted by molar-refractivity contribution is 5.37. The number of ether oxygens (including phenoxy) is 1. The number of likely N-dealkylation sites (tertiary alicyclic amines) is 1. The summed E-state index contributed by atoms with van der Waals surface area (Å²) in [5, 5.41) is 8.18. The van der Waals surface area contributed by atoms with Crippen LogP contribution in [0.5, 0.6) is 5.75 Å². The van der Waals surface area contributed by atoms with Crippen molar-refractivity contribution in [1.82, 2.24) is 20.0 Å². The molecule has 2 heterocycles. The van der Waals surface area contributed by atoms with Crippen molar-refractivity contribution >= 4 is 0 Å².